The van der Waals surface area contributed by atoms with Gasteiger partial charge in [-0.2, -0.15) is 0 Å². The number of hydrogen-bond acceptors (Lipinski definition) is 3. The zero-order chi connectivity index (χ0) is 15.0. The lowest BCUT2D eigenvalue weighted by Gasteiger charge is -2.02. The van der Waals surface area contributed by atoms with Crippen LogP contribution in [0.15, 0.2) is 36.9 Å². The fourth-order valence-corrected chi connectivity index (χ4v) is 2.43. The number of aromatic nitrogens is 3. The highest BCUT2D eigenvalue weighted by Gasteiger charge is 2.20. The van der Waals surface area contributed by atoms with Crippen LogP contribution in [0, 0.1) is 0 Å². The molecule has 3 aromatic rings. The first-order valence-corrected chi connectivity index (χ1v) is 6.48. The van der Waals surface area contributed by atoms with Gasteiger partial charge in [0.1, 0.15) is 12.0 Å². The average Bonchev–Trinajstić information content (AvgIpc) is 3.05. The van der Waals surface area contributed by atoms with Crippen LogP contribution in [-0.2, 0) is 11.2 Å². The third-order valence-corrected chi connectivity index (χ3v) is 3.38. The molecular formula is C14H10ClN3O3. The van der Waals surface area contributed by atoms with Crippen LogP contribution in [0.3, 0.4) is 0 Å². The minimum absolute atomic E-state index is 0.229. The van der Waals surface area contributed by atoms with E-state index in [-0.39, 0.29) is 18.0 Å². The number of carbonyl (C=O) groups is 2. The first-order chi connectivity index (χ1) is 10.1. The van der Waals surface area contributed by atoms with Crippen LogP contribution in [-0.4, -0.2) is 31.5 Å². The number of fused-ring (bicyclic) bond motifs is 1. The molecule has 0 fully saturated rings. The predicted octanol–water partition coefficient (Wildman–Crippen LogP) is 2.33. The SMILES string of the molecule is O=C(O)Cc1c(C(=O)n2ccnc2)[nH]c2cc(Cl)ccc12. The fraction of sp³-hybridized carbons (Fsp3) is 0.0714. The highest BCUT2D eigenvalue weighted by atomic mass is 35.5. The Balaban J connectivity index is 2.20. The lowest BCUT2D eigenvalue weighted by molar-refractivity contribution is -0.136. The Bertz CT molecular complexity index is 837. The maximum Gasteiger partial charge on any atom is 0.307 e. The van der Waals surface area contributed by atoms with Gasteiger partial charge in [0.05, 0.1) is 6.42 Å². The fourth-order valence-electron chi connectivity index (χ4n) is 2.25. The van der Waals surface area contributed by atoms with Crippen molar-refractivity contribution in [2.75, 3.05) is 0 Å². The molecule has 21 heavy (non-hydrogen) atoms. The molecule has 0 aliphatic rings. The maximum absolute atomic E-state index is 12.4. The van der Waals surface area contributed by atoms with Crippen LogP contribution in [0.5, 0.6) is 0 Å². The van der Waals surface area contributed by atoms with E-state index in [1.54, 1.807) is 18.2 Å². The lowest BCUT2D eigenvalue weighted by Crippen LogP contribution is -2.14. The standard InChI is InChI=1S/C14H10ClN3O3/c15-8-1-2-9-10(6-12(19)20)13(17-11(9)5-8)14(21)18-4-3-16-7-18/h1-5,7,17H,6H2,(H,19,20). The molecule has 2 aromatic heterocycles. The van der Waals surface area contributed by atoms with Gasteiger partial charge >= 0.3 is 5.97 Å². The number of carboxylic acid groups (broad SMARTS) is 1. The zero-order valence-corrected chi connectivity index (χ0v) is 11.5. The molecule has 0 aliphatic heterocycles. The van der Waals surface area contributed by atoms with Crippen molar-refractivity contribution in [2.24, 2.45) is 0 Å². The van der Waals surface area contributed by atoms with Gasteiger partial charge < -0.3 is 10.1 Å². The number of benzene rings is 1. The first kappa shape index (κ1) is 13.4. The van der Waals surface area contributed by atoms with Gasteiger partial charge in [0, 0.05) is 33.9 Å². The summed E-state index contributed by atoms with van der Waals surface area (Å²) in [7, 11) is 0. The summed E-state index contributed by atoms with van der Waals surface area (Å²) in [6.07, 6.45) is 4.10. The molecule has 0 saturated carbocycles. The minimum Gasteiger partial charge on any atom is -0.481 e. The summed E-state index contributed by atoms with van der Waals surface area (Å²) in [5, 5.41) is 10.2. The summed E-state index contributed by atoms with van der Waals surface area (Å²) in [6, 6.07) is 5.03. The molecule has 0 spiro atoms. The Morgan fingerprint density at radius 3 is 2.86 bits per heavy atom. The summed E-state index contributed by atoms with van der Waals surface area (Å²) >= 11 is 5.93. The normalized spacial score (nSPS) is 10.9. The number of imidazole rings is 1. The van der Waals surface area contributed by atoms with E-state index < -0.39 is 5.97 Å². The molecule has 0 radical (unpaired) electrons. The first-order valence-electron chi connectivity index (χ1n) is 6.11. The van der Waals surface area contributed by atoms with Crippen molar-refractivity contribution in [3.8, 4) is 0 Å². The predicted molar refractivity (Wildman–Crippen MR) is 76.6 cm³/mol. The van der Waals surface area contributed by atoms with Gasteiger partial charge in [0.2, 0.25) is 0 Å². The summed E-state index contributed by atoms with van der Waals surface area (Å²) in [5.41, 5.74) is 1.29. The summed E-state index contributed by atoms with van der Waals surface area (Å²) in [6.45, 7) is 0. The third kappa shape index (κ3) is 2.41. The van der Waals surface area contributed by atoms with E-state index in [1.165, 1.54) is 23.3 Å². The van der Waals surface area contributed by atoms with Crippen molar-refractivity contribution in [1.82, 2.24) is 14.5 Å². The number of aromatic amines is 1. The summed E-state index contributed by atoms with van der Waals surface area (Å²) < 4.78 is 1.29. The van der Waals surface area contributed by atoms with Crippen LogP contribution < -0.4 is 0 Å². The molecule has 0 unspecified atom stereocenters. The zero-order valence-electron chi connectivity index (χ0n) is 10.7. The number of nitrogens with one attached hydrogen (secondary N) is 1. The van der Waals surface area contributed by atoms with E-state index in [4.69, 9.17) is 16.7 Å². The van der Waals surface area contributed by atoms with Gasteiger partial charge in [-0.25, -0.2) is 4.98 Å². The number of H-pyrrole nitrogens is 1. The van der Waals surface area contributed by atoms with Crippen LogP contribution in [0.25, 0.3) is 10.9 Å². The van der Waals surface area contributed by atoms with E-state index in [1.807, 2.05) is 0 Å². The molecule has 0 amide bonds. The van der Waals surface area contributed by atoms with E-state index in [0.717, 1.165) is 0 Å². The minimum atomic E-state index is -1.01. The van der Waals surface area contributed by atoms with Crippen LogP contribution in [0.4, 0.5) is 0 Å². The average molecular weight is 304 g/mol. The molecule has 1 aromatic carbocycles. The van der Waals surface area contributed by atoms with Crippen molar-refractivity contribution < 1.29 is 14.7 Å². The lowest BCUT2D eigenvalue weighted by atomic mass is 10.1. The molecule has 2 heterocycles. The van der Waals surface area contributed by atoms with Crippen molar-refractivity contribution in [2.45, 2.75) is 6.42 Å². The number of aliphatic carboxylic acids is 1. The topological polar surface area (TPSA) is 88.0 Å². The highest BCUT2D eigenvalue weighted by Crippen LogP contribution is 2.26. The number of hydrogen-bond donors (Lipinski definition) is 2. The number of halogens is 1. The van der Waals surface area contributed by atoms with Gasteiger partial charge in [-0.3, -0.25) is 14.2 Å². The summed E-state index contributed by atoms with van der Waals surface area (Å²) in [4.78, 5) is 30.3. The quantitative estimate of drug-likeness (QED) is 0.777. The number of rotatable bonds is 3. The third-order valence-electron chi connectivity index (χ3n) is 3.15. The molecule has 6 nitrogen and oxygen atoms in total. The largest absolute Gasteiger partial charge is 0.481 e. The maximum atomic E-state index is 12.4. The molecule has 0 aliphatic carbocycles. The van der Waals surface area contributed by atoms with Crippen molar-refractivity contribution >= 4 is 34.4 Å². The van der Waals surface area contributed by atoms with E-state index in [2.05, 4.69) is 9.97 Å². The number of carbonyl (C=O) groups excluding carboxylic acids is 1. The van der Waals surface area contributed by atoms with Crippen LogP contribution in [0.1, 0.15) is 16.1 Å². The van der Waals surface area contributed by atoms with Gasteiger partial charge in [-0.1, -0.05) is 17.7 Å². The number of nitrogens with zero attached hydrogens (tertiary/aromatic N) is 2. The van der Waals surface area contributed by atoms with Gasteiger partial charge in [-0.15, -0.1) is 0 Å². The molecule has 0 atom stereocenters. The molecule has 0 bridgehead atoms. The van der Waals surface area contributed by atoms with E-state index >= 15 is 0 Å². The second-order valence-electron chi connectivity index (χ2n) is 4.51. The van der Waals surface area contributed by atoms with Crippen LogP contribution >= 0.6 is 11.6 Å². The van der Waals surface area contributed by atoms with Crippen molar-refractivity contribution in [3.63, 3.8) is 0 Å². The summed E-state index contributed by atoms with van der Waals surface area (Å²) in [5.74, 6) is -1.37. The molecule has 0 saturated heterocycles. The Morgan fingerprint density at radius 2 is 2.19 bits per heavy atom. The van der Waals surface area contributed by atoms with Gasteiger partial charge in [0.15, 0.2) is 0 Å². The Labute approximate surface area is 124 Å². The van der Waals surface area contributed by atoms with Gasteiger partial charge in [0.25, 0.3) is 5.91 Å². The number of carboxylic acids is 1. The van der Waals surface area contributed by atoms with E-state index in [0.29, 0.717) is 21.5 Å². The van der Waals surface area contributed by atoms with Crippen molar-refractivity contribution in [1.29, 1.82) is 0 Å². The molecule has 7 heteroatoms. The Hall–Kier alpha value is -2.60. The van der Waals surface area contributed by atoms with Crippen LogP contribution in [0.2, 0.25) is 5.02 Å². The Morgan fingerprint density at radius 1 is 1.38 bits per heavy atom. The van der Waals surface area contributed by atoms with Gasteiger partial charge in [-0.05, 0) is 12.1 Å². The second kappa shape index (κ2) is 5.06. The monoisotopic (exact) mass is 303 g/mol. The second-order valence-corrected chi connectivity index (χ2v) is 4.95. The molecular weight excluding hydrogens is 294 g/mol. The molecule has 2 N–H and O–H groups in total. The molecule has 106 valence electrons. The van der Waals surface area contributed by atoms with E-state index in [9.17, 15) is 9.59 Å². The Kier molecular flexibility index (Phi) is 3.23. The smallest absolute Gasteiger partial charge is 0.307 e. The molecule has 3 rings (SSSR count). The van der Waals surface area contributed by atoms with Crippen molar-refractivity contribution in [3.05, 3.63) is 53.2 Å². The highest BCUT2D eigenvalue weighted by molar-refractivity contribution is 6.31.